The molecule has 1 aliphatic heterocycles. The third-order valence-electron chi connectivity index (χ3n) is 8.79. The second kappa shape index (κ2) is 18.1. The van der Waals surface area contributed by atoms with Crippen LogP contribution in [0.2, 0.25) is 0 Å². The fourth-order valence-corrected chi connectivity index (χ4v) is 6.36. The molecule has 12 heteroatoms. The number of benzene rings is 1. The second-order valence-electron chi connectivity index (χ2n) is 12.9. The molecular formula is C34H51N5O6S. The smallest absolute Gasteiger partial charge is 0.306 e. The van der Waals surface area contributed by atoms with Crippen molar-refractivity contribution in [1.82, 2.24) is 26.3 Å². The van der Waals surface area contributed by atoms with Gasteiger partial charge in [0, 0.05) is 23.9 Å². The molecule has 0 radical (unpaired) electrons. The van der Waals surface area contributed by atoms with E-state index in [4.69, 9.17) is 0 Å². The van der Waals surface area contributed by atoms with Crippen LogP contribution >= 0.6 is 11.3 Å². The number of nitrogens with one attached hydrogen (secondary N) is 4. The Hall–Kier alpha value is -3.35. The lowest BCUT2D eigenvalue weighted by atomic mass is 9.94. The molecule has 0 bridgehead atoms. The minimum absolute atomic E-state index is 0.0235. The van der Waals surface area contributed by atoms with Gasteiger partial charge in [-0.15, -0.1) is 11.3 Å². The van der Waals surface area contributed by atoms with Crippen LogP contribution in [0.15, 0.2) is 35.7 Å². The zero-order valence-corrected chi connectivity index (χ0v) is 28.4. The molecule has 0 unspecified atom stereocenters. The molecule has 3 amide bonds. The van der Waals surface area contributed by atoms with Crippen LogP contribution < -0.4 is 21.3 Å². The van der Waals surface area contributed by atoms with Crippen LogP contribution in [0.25, 0.3) is 0 Å². The number of hydrogen-bond donors (Lipinski definition) is 6. The summed E-state index contributed by atoms with van der Waals surface area (Å²) in [5, 5.41) is 34.7. The van der Waals surface area contributed by atoms with Crippen LogP contribution in [0.1, 0.15) is 100 Å². The number of aliphatic carboxylic acids is 1. The Bertz CT molecular complexity index is 1280. The van der Waals surface area contributed by atoms with E-state index in [1.54, 1.807) is 12.3 Å². The number of hydrogen-bond acceptors (Lipinski definition) is 8. The molecule has 1 fully saturated rings. The van der Waals surface area contributed by atoms with Crippen molar-refractivity contribution >= 4 is 35.0 Å². The molecule has 254 valence electrons. The van der Waals surface area contributed by atoms with Crippen molar-refractivity contribution in [2.75, 3.05) is 6.54 Å². The average Bonchev–Trinajstić information content (AvgIpc) is 3.54. The van der Waals surface area contributed by atoms with Gasteiger partial charge in [-0.1, -0.05) is 77.8 Å². The second-order valence-corrected chi connectivity index (χ2v) is 13.8. The van der Waals surface area contributed by atoms with Crippen LogP contribution in [0.3, 0.4) is 0 Å². The van der Waals surface area contributed by atoms with Crippen molar-refractivity contribution in [3.63, 3.8) is 0 Å². The monoisotopic (exact) mass is 657 g/mol. The van der Waals surface area contributed by atoms with Crippen LogP contribution in [0.4, 0.5) is 0 Å². The molecule has 7 atom stereocenters. The van der Waals surface area contributed by atoms with Crippen molar-refractivity contribution < 1.29 is 29.4 Å². The lowest BCUT2D eigenvalue weighted by Gasteiger charge is -2.31. The molecule has 0 spiro atoms. The molecule has 0 saturated carbocycles. The summed E-state index contributed by atoms with van der Waals surface area (Å²) in [6.07, 6.45) is 3.31. The first-order valence-corrected chi connectivity index (χ1v) is 17.3. The van der Waals surface area contributed by atoms with Gasteiger partial charge in [0.05, 0.1) is 12.0 Å². The first-order chi connectivity index (χ1) is 21.9. The molecule has 1 saturated heterocycles. The summed E-state index contributed by atoms with van der Waals surface area (Å²) in [6, 6.07) is 7.70. The van der Waals surface area contributed by atoms with E-state index in [1.165, 1.54) is 0 Å². The highest BCUT2D eigenvalue weighted by molar-refractivity contribution is 7.09. The number of amides is 3. The fourth-order valence-electron chi connectivity index (χ4n) is 5.57. The molecule has 46 heavy (non-hydrogen) atoms. The number of thiazole rings is 1. The highest BCUT2D eigenvalue weighted by atomic mass is 32.1. The van der Waals surface area contributed by atoms with Gasteiger partial charge in [0.25, 0.3) is 5.91 Å². The standard InChI is InChI=1S/C34H51N5O6S/c1-6-21(4)29(39-30(41)25-14-10-11-15-35-25)32(43)37-26(20(2)3)18-28(40)33-38-27(19-46-33)31(42)36-24(16-22(5)34(44)45)17-23-12-8-7-9-13-23/h7-9,12-13,19-22,24-26,28-29,35,40H,6,10-11,14-18H2,1-5H3,(H,36,42)(H,37,43)(H,39,41)(H,44,45)/t21-,22-,24+,25+,26+,28+,29-/m0/s1. The van der Waals surface area contributed by atoms with E-state index < -0.39 is 42.0 Å². The zero-order valence-electron chi connectivity index (χ0n) is 27.6. The van der Waals surface area contributed by atoms with Crippen LogP contribution in [0.5, 0.6) is 0 Å². The highest BCUT2D eigenvalue weighted by Crippen LogP contribution is 2.25. The third kappa shape index (κ3) is 11.2. The fraction of sp³-hybridized carbons (Fsp3) is 0.618. The van der Waals surface area contributed by atoms with E-state index in [1.807, 2.05) is 58.0 Å². The molecule has 1 aromatic heterocycles. The predicted molar refractivity (Wildman–Crippen MR) is 178 cm³/mol. The number of carboxylic acid groups (broad SMARTS) is 1. The number of piperidine rings is 1. The summed E-state index contributed by atoms with van der Waals surface area (Å²) in [6.45, 7) is 10.2. The van der Waals surface area contributed by atoms with E-state index in [-0.39, 0.29) is 48.2 Å². The minimum Gasteiger partial charge on any atom is -0.481 e. The first kappa shape index (κ1) is 37.1. The maximum absolute atomic E-state index is 13.5. The van der Waals surface area contributed by atoms with Gasteiger partial charge in [-0.25, -0.2) is 4.98 Å². The van der Waals surface area contributed by atoms with Gasteiger partial charge in [-0.05, 0) is 49.6 Å². The summed E-state index contributed by atoms with van der Waals surface area (Å²) in [4.78, 5) is 55.6. The van der Waals surface area contributed by atoms with Crippen LogP contribution in [0, 0.1) is 17.8 Å². The number of aliphatic hydroxyl groups is 1. The minimum atomic E-state index is -1.03. The van der Waals surface area contributed by atoms with Gasteiger partial charge < -0.3 is 31.5 Å². The number of carbonyl (C=O) groups is 4. The molecular weight excluding hydrogens is 606 g/mol. The zero-order chi connectivity index (χ0) is 33.8. The summed E-state index contributed by atoms with van der Waals surface area (Å²) in [7, 11) is 0. The van der Waals surface area contributed by atoms with E-state index >= 15 is 0 Å². The highest BCUT2D eigenvalue weighted by Gasteiger charge is 2.32. The van der Waals surface area contributed by atoms with Crippen LogP contribution in [-0.4, -0.2) is 69.6 Å². The number of carbonyl (C=O) groups excluding carboxylic acids is 3. The lowest BCUT2D eigenvalue weighted by Crippen LogP contribution is -2.57. The largest absolute Gasteiger partial charge is 0.481 e. The number of nitrogens with zero attached hydrogens (tertiary/aromatic N) is 1. The molecule has 1 aromatic carbocycles. The molecule has 3 rings (SSSR count). The van der Waals surface area contributed by atoms with Crippen molar-refractivity contribution in [2.24, 2.45) is 17.8 Å². The Morgan fingerprint density at radius 3 is 2.35 bits per heavy atom. The summed E-state index contributed by atoms with van der Waals surface area (Å²) >= 11 is 1.15. The third-order valence-corrected chi connectivity index (χ3v) is 9.74. The van der Waals surface area contributed by atoms with Crippen molar-refractivity contribution in [3.05, 3.63) is 52.0 Å². The molecule has 1 aliphatic rings. The molecule has 0 aliphatic carbocycles. The van der Waals surface area contributed by atoms with E-state index in [9.17, 15) is 29.4 Å². The number of rotatable bonds is 17. The molecule has 2 heterocycles. The Labute approximate surface area is 276 Å². The van der Waals surface area contributed by atoms with Gasteiger partial charge in [0.2, 0.25) is 11.8 Å². The van der Waals surface area contributed by atoms with Crippen molar-refractivity contribution in [1.29, 1.82) is 0 Å². The Balaban J connectivity index is 1.65. The molecule has 11 nitrogen and oxygen atoms in total. The normalized spacial score (nSPS) is 18.9. The Morgan fingerprint density at radius 2 is 1.74 bits per heavy atom. The summed E-state index contributed by atoms with van der Waals surface area (Å²) in [5.74, 6) is -2.60. The molecule has 2 aromatic rings. The maximum atomic E-state index is 13.5. The summed E-state index contributed by atoms with van der Waals surface area (Å²) in [5.41, 5.74) is 1.11. The van der Waals surface area contributed by atoms with E-state index in [2.05, 4.69) is 26.3 Å². The first-order valence-electron chi connectivity index (χ1n) is 16.4. The predicted octanol–water partition coefficient (Wildman–Crippen LogP) is 3.83. The number of carboxylic acids is 1. The van der Waals surface area contributed by atoms with Crippen LogP contribution in [-0.2, 0) is 20.8 Å². The van der Waals surface area contributed by atoms with Gasteiger partial charge >= 0.3 is 5.97 Å². The average molecular weight is 658 g/mol. The lowest BCUT2D eigenvalue weighted by molar-refractivity contribution is -0.141. The van der Waals surface area contributed by atoms with E-state index in [0.29, 0.717) is 17.8 Å². The number of aliphatic hydroxyl groups excluding tert-OH is 1. The topological polar surface area (TPSA) is 170 Å². The quantitative estimate of drug-likeness (QED) is 0.149. The summed E-state index contributed by atoms with van der Waals surface area (Å²) < 4.78 is 0. The Kier molecular flexibility index (Phi) is 14.6. The van der Waals surface area contributed by atoms with Crippen molar-refractivity contribution in [3.8, 4) is 0 Å². The van der Waals surface area contributed by atoms with Gasteiger partial charge in [-0.2, -0.15) is 0 Å². The molecule has 6 N–H and O–H groups in total. The van der Waals surface area contributed by atoms with Gasteiger partial charge in [0.1, 0.15) is 22.8 Å². The van der Waals surface area contributed by atoms with Gasteiger partial charge in [0.15, 0.2) is 0 Å². The Morgan fingerprint density at radius 1 is 1.02 bits per heavy atom. The van der Waals surface area contributed by atoms with E-state index in [0.717, 1.165) is 42.7 Å². The van der Waals surface area contributed by atoms with Crippen molar-refractivity contribution in [2.45, 2.75) is 110 Å². The van der Waals surface area contributed by atoms with Gasteiger partial charge in [-0.3, -0.25) is 19.2 Å². The SMILES string of the molecule is CC[C@H](C)[C@H](NC(=O)[C@H]1CCCCN1)C(=O)N[C@H](C[C@@H](O)c1nc(C(=O)N[C@@H](Cc2ccccc2)C[C@H](C)C(=O)O)cs1)C(C)C. The maximum Gasteiger partial charge on any atom is 0.306 e. The number of aromatic nitrogens is 1.